The van der Waals surface area contributed by atoms with E-state index in [1.165, 1.54) is 12.1 Å². The lowest BCUT2D eigenvalue weighted by Gasteiger charge is -2.36. The van der Waals surface area contributed by atoms with Crippen molar-refractivity contribution in [3.8, 4) is 0 Å². The summed E-state index contributed by atoms with van der Waals surface area (Å²) in [4.78, 5) is 2.35. The zero-order valence-electron chi connectivity index (χ0n) is 11.8. The average molecular weight is 268 g/mol. The van der Waals surface area contributed by atoms with E-state index in [4.69, 9.17) is 0 Å². The first kappa shape index (κ1) is 14.4. The van der Waals surface area contributed by atoms with Crippen LogP contribution in [0.15, 0.2) is 18.2 Å². The van der Waals surface area contributed by atoms with Crippen molar-refractivity contribution in [3.05, 3.63) is 35.4 Å². The smallest absolute Gasteiger partial charge is 0.159 e. The van der Waals surface area contributed by atoms with E-state index in [2.05, 4.69) is 24.2 Å². The monoisotopic (exact) mass is 268 g/mol. The number of hydrogen-bond acceptors (Lipinski definition) is 2. The summed E-state index contributed by atoms with van der Waals surface area (Å²) in [5.74, 6) is -1.56. The van der Waals surface area contributed by atoms with Gasteiger partial charge in [0.25, 0.3) is 0 Å². The Bertz CT molecular complexity index is 436. The molecule has 0 amide bonds. The van der Waals surface area contributed by atoms with Crippen molar-refractivity contribution in [2.45, 2.75) is 44.8 Å². The standard InChI is InChI=1S/C15H22F2N2/c1-10-8-13(6-7-19(10)3)18-11(2)12-4-5-14(16)15(17)9-12/h4-5,9-11,13,18H,6-8H2,1-3H3. The Labute approximate surface area is 113 Å². The fourth-order valence-corrected chi connectivity index (χ4v) is 2.67. The van der Waals surface area contributed by atoms with Gasteiger partial charge in [0.05, 0.1) is 0 Å². The third-order valence-electron chi connectivity index (χ3n) is 4.14. The predicted molar refractivity (Wildman–Crippen MR) is 73.0 cm³/mol. The second-order valence-corrected chi connectivity index (χ2v) is 5.61. The van der Waals surface area contributed by atoms with Crippen LogP contribution in [0.3, 0.4) is 0 Å². The topological polar surface area (TPSA) is 15.3 Å². The Hall–Kier alpha value is -1.00. The minimum atomic E-state index is -0.788. The van der Waals surface area contributed by atoms with Gasteiger partial charge >= 0.3 is 0 Å². The fraction of sp³-hybridized carbons (Fsp3) is 0.600. The van der Waals surface area contributed by atoms with Crippen LogP contribution in [0.2, 0.25) is 0 Å². The van der Waals surface area contributed by atoms with E-state index in [9.17, 15) is 8.78 Å². The quantitative estimate of drug-likeness (QED) is 0.906. The lowest BCUT2D eigenvalue weighted by molar-refractivity contribution is 0.163. The predicted octanol–water partition coefficient (Wildman–Crippen LogP) is 3.10. The van der Waals surface area contributed by atoms with Gasteiger partial charge in [-0.3, -0.25) is 0 Å². The maximum Gasteiger partial charge on any atom is 0.159 e. The normalized spacial score (nSPS) is 26.4. The number of halogens is 2. The molecule has 3 atom stereocenters. The van der Waals surface area contributed by atoms with E-state index in [1.54, 1.807) is 6.07 Å². The molecule has 1 heterocycles. The summed E-state index contributed by atoms with van der Waals surface area (Å²) in [6.07, 6.45) is 2.18. The van der Waals surface area contributed by atoms with Crippen LogP contribution in [0.25, 0.3) is 0 Å². The third kappa shape index (κ3) is 3.51. The molecule has 1 aliphatic rings. The number of hydrogen-bond donors (Lipinski definition) is 1. The summed E-state index contributed by atoms with van der Waals surface area (Å²) in [7, 11) is 2.14. The van der Waals surface area contributed by atoms with Crippen LogP contribution in [0.5, 0.6) is 0 Å². The number of benzene rings is 1. The SMILES string of the molecule is CC(NC1CCN(C)C(C)C1)c1ccc(F)c(F)c1. The Balaban J connectivity index is 1.97. The molecule has 2 nitrogen and oxygen atoms in total. The second-order valence-electron chi connectivity index (χ2n) is 5.61. The van der Waals surface area contributed by atoms with E-state index in [0.29, 0.717) is 12.1 Å². The van der Waals surface area contributed by atoms with E-state index < -0.39 is 11.6 Å². The van der Waals surface area contributed by atoms with Crippen molar-refractivity contribution >= 4 is 0 Å². The van der Waals surface area contributed by atoms with Crippen LogP contribution in [0, 0.1) is 11.6 Å². The minimum Gasteiger partial charge on any atom is -0.307 e. The van der Waals surface area contributed by atoms with Crippen molar-refractivity contribution < 1.29 is 8.78 Å². The maximum atomic E-state index is 13.2. The Morgan fingerprint density at radius 2 is 2.05 bits per heavy atom. The Morgan fingerprint density at radius 3 is 2.68 bits per heavy atom. The van der Waals surface area contributed by atoms with Gasteiger partial charge in [-0.05, 0) is 58.0 Å². The lowest BCUT2D eigenvalue weighted by atomic mass is 9.97. The van der Waals surface area contributed by atoms with Gasteiger partial charge in [0, 0.05) is 18.1 Å². The molecule has 3 unspecified atom stereocenters. The summed E-state index contributed by atoms with van der Waals surface area (Å²) < 4.78 is 26.1. The highest BCUT2D eigenvalue weighted by Gasteiger charge is 2.24. The second kappa shape index (κ2) is 5.97. The molecule has 0 aliphatic carbocycles. The molecule has 1 N–H and O–H groups in total. The molecule has 1 fully saturated rings. The molecule has 1 aliphatic heterocycles. The highest BCUT2D eigenvalue weighted by atomic mass is 19.2. The molecule has 0 saturated carbocycles. The number of rotatable bonds is 3. The zero-order chi connectivity index (χ0) is 14.0. The van der Waals surface area contributed by atoms with Crippen LogP contribution in [-0.2, 0) is 0 Å². The molecule has 1 aromatic rings. The molecule has 0 bridgehead atoms. The summed E-state index contributed by atoms with van der Waals surface area (Å²) in [6.45, 7) is 5.29. The number of piperidine rings is 1. The van der Waals surface area contributed by atoms with E-state index in [-0.39, 0.29) is 6.04 Å². The molecule has 1 aromatic carbocycles. The number of nitrogens with zero attached hydrogens (tertiary/aromatic N) is 1. The number of likely N-dealkylation sites (tertiary alicyclic amines) is 1. The van der Waals surface area contributed by atoms with Gasteiger partial charge in [-0.15, -0.1) is 0 Å². The maximum absolute atomic E-state index is 13.2. The highest BCUT2D eigenvalue weighted by Crippen LogP contribution is 2.21. The molecule has 0 radical (unpaired) electrons. The van der Waals surface area contributed by atoms with Gasteiger partial charge in [-0.25, -0.2) is 8.78 Å². The van der Waals surface area contributed by atoms with Gasteiger partial charge < -0.3 is 10.2 Å². The highest BCUT2D eigenvalue weighted by molar-refractivity contribution is 5.21. The molecule has 0 aromatic heterocycles. The molecule has 4 heteroatoms. The van der Waals surface area contributed by atoms with Crippen LogP contribution < -0.4 is 5.32 Å². The molecule has 1 saturated heterocycles. The van der Waals surface area contributed by atoms with Gasteiger partial charge in [-0.1, -0.05) is 6.07 Å². The van der Waals surface area contributed by atoms with Crippen molar-refractivity contribution in [3.63, 3.8) is 0 Å². The largest absolute Gasteiger partial charge is 0.307 e. The summed E-state index contributed by atoms with van der Waals surface area (Å²) in [5, 5.41) is 3.52. The molecule has 0 spiro atoms. The first-order valence-corrected chi connectivity index (χ1v) is 6.88. The summed E-state index contributed by atoms with van der Waals surface area (Å²) in [6, 6.07) is 5.16. The van der Waals surface area contributed by atoms with E-state index in [0.717, 1.165) is 24.9 Å². The van der Waals surface area contributed by atoms with E-state index >= 15 is 0 Å². The first-order chi connectivity index (χ1) is 8.97. The van der Waals surface area contributed by atoms with Gasteiger partial charge in [0.2, 0.25) is 0 Å². The van der Waals surface area contributed by atoms with Crippen molar-refractivity contribution in [2.75, 3.05) is 13.6 Å². The number of nitrogens with one attached hydrogen (secondary N) is 1. The van der Waals surface area contributed by atoms with Gasteiger partial charge in [0.1, 0.15) is 0 Å². The van der Waals surface area contributed by atoms with Crippen LogP contribution >= 0.6 is 0 Å². The molecule has 106 valence electrons. The zero-order valence-corrected chi connectivity index (χ0v) is 11.8. The average Bonchev–Trinajstić information content (AvgIpc) is 2.37. The van der Waals surface area contributed by atoms with Crippen molar-refractivity contribution in [2.24, 2.45) is 0 Å². The van der Waals surface area contributed by atoms with Gasteiger partial charge in [-0.2, -0.15) is 0 Å². The molecular weight excluding hydrogens is 246 g/mol. The fourth-order valence-electron chi connectivity index (χ4n) is 2.67. The van der Waals surface area contributed by atoms with Crippen LogP contribution in [0.4, 0.5) is 8.78 Å². The van der Waals surface area contributed by atoms with Crippen molar-refractivity contribution in [1.29, 1.82) is 0 Å². The van der Waals surface area contributed by atoms with Crippen molar-refractivity contribution in [1.82, 2.24) is 10.2 Å². The molecule has 2 rings (SSSR count). The molecular formula is C15H22F2N2. The lowest BCUT2D eigenvalue weighted by Crippen LogP contribution is -2.46. The van der Waals surface area contributed by atoms with Crippen LogP contribution in [-0.4, -0.2) is 30.6 Å². The Morgan fingerprint density at radius 1 is 1.32 bits per heavy atom. The van der Waals surface area contributed by atoms with E-state index in [1.807, 2.05) is 6.92 Å². The third-order valence-corrected chi connectivity index (χ3v) is 4.14. The summed E-state index contributed by atoms with van der Waals surface area (Å²) in [5.41, 5.74) is 0.797. The van der Waals surface area contributed by atoms with Crippen LogP contribution in [0.1, 0.15) is 38.3 Å². The first-order valence-electron chi connectivity index (χ1n) is 6.88. The summed E-state index contributed by atoms with van der Waals surface area (Å²) >= 11 is 0. The Kier molecular flexibility index (Phi) is 4.53. The minimum absolute atomic E-state index is 0.0377. The van der Waals surface area contributed by atoms with Gasteiger partial charge in [0.15, 0.2) is 11.6 Å². The molecule has 19 heavy (non-hydrogen) atoms.